The van der Waals surface area contributed by atoms with Crippen LogP contribution in [0.3, 0.4) is 0 Å². The van der Waals surface area contributed by atoms with Gasteiger partial charge in [0.2, 0.25) is 0 Å². The van der Waals surface area contributed by atoms with Gasteiger partial charge in [-0.15, -0.1) is 0 Å². The highest BCUT2D eigenvalue weighted by Gasteiger charge is 2.18. The Morgan fingerprint density at radius 2 is 1.77 bits per heavy atom. The molecule has 22 heavy (non-hydrogen) atoms. The molecule has 0 saturated heterocycles. The minimum atomic E-state index is -0.524. The number of carbonyl (C=O) groups is 1. The highest BCUT2D eigenvalue weighted by Crippen LogP contribution is 2.29. The fraction of sp³-hybridized carbons (Fsp3) is 0.444. The van der Waals surface area contributed by atoms with Crippen molar-refractivity contribution in [3.8, 4) is 0 Å². The van der Waals surface area contributed by atoms with Crippen LogP contribution in [0.2, 0.25) is 0 Å². The van der Waals surface area contributed by atoms with Gasteiger partial charge in [-0.2, -0.15) is 0 Å². The van der Waals surface area contributed by atoms with Crippen molar-refractivity contribution in [1.82, 2.24) is 4.98 Å². The fourth-order valence-electron chi connectivity index (χ4n) is 2.14. The van der Waals surface area contributed by atoms with E-state index < -0.39 is 11.7 Å². The van der Waals surface area contributed by atoms with E-state index in [1.807, 2.05) is 26.8 Å². The highest BCUT2D eigenvalue weighted by atomic mass is 16.6. The maximum absolute atomic E-state index is 12.0. The van der Waals surface area contributed by atoms with Crippen LogP contribution in [0.1, 0.15) is 47.1 Å². The average Bonchev–Trinajstić information content (AvgIpc) is 2.35. The first kappa shape index (κ1) is 16.3. The molecule has 118 valence electrons. The number of nitrogens with zero attached hydrogens (tertiary/aromatic N) is 1. The number of aromatic nitrogens is 1. The number of hydrogen-bond acceptors (Lipinski definition) is 3. The number of carbonyl (C=O) groups excluding carboxylic acids is 1. The predicted octanol–water partition coefficient (Wildman–Crippen LogP) is 4.88. The summed E-state index contributed by atoms with van der Waals surface area (Å²) in [5.74, 6) is 0. The first-order valence-corrected chi connectivity index (χ1v) is 7.45. The van der Waals surface area contributed by atoms with Gasteiger partial charge in [0, 0.05) is 11.6 Å². The number of amides is 1. The van der Waals surface area contributed by atoms with Gasteiger partial charge in [0.15, 0.2) is 0 Å². The number of nitrogens with one attached hydrogen (secondary N) is 1. The van der Waals surface area contributed by atoms with Crippen LogP contribution >= 0.6 is 0 Å². The monoisotopic (exact) mass is 300 g/mol. The van der Waals surface area contributed by atoms with Gasteiger partial charge < -0.3 is 4.74 Å². The highest BCUT2D eigenvalue weighted by molar-refractivity contribution is 5.98. The third-order valence-corrected chi connectivity index (χ3v) is 3.24. The van der Waals surface area contributed by atoms with Crippen LogP contribution in [0.5, 0.6) is 0 Å². The van der Waals surface area contributed by atoms with Crippen LogP contribution in [0.25, 0.3) is 10.9 Å². The topological polar surface area (TPSA) is 51.2 Å². The molecule has 4 heteroatoms. The Hall–Kier alpha value is -2.10. The fourth-order valence-corrected chi connectivity index (χ4v) is 2.14. The Bertz CT molecular complexity index is 694. The van der Waals surface area contributed by atoms with Crippen molar-refractivity contribution in [2.75, 3.05) is 5.32 Å². The second-order valence-corrected chi connectivity index (χ2v) is 7.47. The van der Waals surface area contributed by atoms with E-state index in [-0.39, 0.29) is 5.41 Å². The van der Waals surface area contributed by atoms with Crippen molar-refractivity contribution in [2.24, 2.45) is 0 Å². The molecule has 0 aliphatic heterocycles. The Kier molecular flexibility index (Phi) is 4.14. The molecule has 0 bridgehead atoms. The SMILES string of the molecule is CC(C)(C)OC(=O)Nc1ccnc2ccc(C(C)(C)C)cc12. The Morgan fingerprint density at radius 1 is 1.09 bits per heavy atom. The lowest BCUT2D eigenvalue weighted by molar-refractivity contribution is 0.0636. The summed E-state index contributed by atoms with van der Waals surface area (Å²) >= 11 is 0. The van der Waals surface area contributed by atoms with Gasteiger partial charge >= 0.3 is 6.09 Å². The lowest BCUT2D eigenvalue weighted by Crippen LogP contribution is -2.27. The van der Waals surface area contributed by atoms with Gasteiger partial charge in [-0.3, -0.25) is 10.3 Å². The quantitative estimate of drug-likeness (QED) is 0.816. The molecule has 2 rings (SSSR count). The molecule has 0 radical (unpaired) electrons. The molecular formula is C18H24N2O2. The Labute approximate surface area is 131 Å². The molecule has 0 aliphatic rings. The van der Waals surface area contributed by atoms with Crippen LogP contribution in [0.4, 0.5) is 10.5 Å². The normalized spacial score (nSPS) is 12.3. The van der Waals surface area contributed by atoms with Crippen molar-refractivity contribution in [3.05, 3.63) is 36.0 Å². The van der Waals surface area contributed by atoms with E-state index in [0.29, 0.717) is 5.69 Å². The summed E-state index contributed by atoms with van der Waals surface area (Å²) in [6.07, 6.45) is 1.23. The number of rotatable bonds is 1. The van der Waals surface area contributed by atoms with E-state index in [1.165, 1.54) is 5.56 Å². The summed E-state index contributed by atoms with van der Waals surface area (Å²) in [5, 5.41) is 3.74. The van der Waals surface area contributed by atoms with Crippen LogP contribution in [-0.4, -0.2) is 16.7 Å². The second-order valence-electron chi connectivity index (χ2n) is 7.47. The van der Waals surface area contributed by atoms with E-state index in [1.54, 1.807) is 12.3 Å². The number of pyridine rings is 1. The van der Waals surface area contributed by atoms with Crippen molar-refractivity contribution >= 4 is 22.7 Å². The molecule has 0 spiro atoms. The first-order chi connectivity index (χ1) is 10.1. The molecule has 1 aromatic heterocycles. The zero-order chi connectivity index (χ0) is 16.5. The summed E-state index contributed by atoms with van der Waals surface area (Å²) in [6, 6.07) is 7.93. The maximum Gasteiger partial charge on any atom is 0.412 e. The lowest BCUT2D eigenvalue weighted by Gasteiger charge is -2.21. The van der Waals surface area contributed by atoms with Crippen molar-refractivity contribution in [1.29, 1.82) is 0 Å². The van der Waals surface area contributed by atoms with Gasteiger partial charge in [0.05, 0.1) is 11.2 Å². The van der Waals surface area contributed by atoms with E-state index in [0.717, 1.165) is 10.9 Å². The van der Waals surface area contributed by atoms with Crippen LogP contribution < -0.4 is 5.32 Å². The molecule has 0 fully saturated rings. The lowest BCUT2D eigenvalue weighted by atomic mass is 9.86. The van der Waals surface area contributed by atoms with Crippen LogP contribution in [0.15, 0.2) is 30.5 Å². The smallest absolute Gasteiger partial charge is 0.412 e. The molecular weight excluding hydrogens is 276 g/mol. The molecule has 0 atom stereocenters. The maximum atomic E-state index is 12.0. The molecule has 0 aliphatic carbocycles. The molecule has 1 amide bonds. The molecule has 1 aromatic carbocycles. The summed E-state index contributed by atoms with van der Waals surface area (Å²) in [7, 11) is 0. The molecule has 0 saturated carbocycles. The zero-order valence-corrected chi connectivity index (χ0v) is 14.2. The molecule has 1 heterocycles. The van der Waals surface area contributed by atoms with Gasteiger partial charge in [0.1, 0.15) is 5.60 Å². The predicted molar refractivity (Wildman–Crippen MR) is 90.3 cm³/mol. The minimum Gasteiger partial charge on any atom is -0.444 e. The zero-order valence-electron chi connectivity index (χ0n) is 14.2. The molecule has 4 nitrogen and oxygen atoms in total. The third kappa shape index (κ3) is 3.97. The van der Waals surface area contributed by atoms with Gasteiger partial charge in [0.25, 0.3) is 0 Å². The summed E-state index contributed by atoms with van der Waals surface area (Å²) in [5.41, 5.74) is 2.27. The largest absolute Gasteiger partial charge is 0.444 e. The van der Waals surface area contributed by atoms with Gasteiger partial charge in [-0.1, -0.05) is 26.8 Å². The third-order valence-electron chi connectivity index (χ3n) is 3.24. The number of ether oxygens (including phenoxy) is 1. The number of anilines is 1. The second kappa shape index (κ2) is 5.59. The average molecular weight is 300 g/mol. The molecule has 2 aromatic rings. The Balaban J connectivity index is 2.39. The summed E-state index contributed by atoms with van der Waals surface area (Å²) in [6.45, 7) is 12.0. The number of benzene rings is 1. The first-order valence-electron chi connectivity index (χ1n) is 7.45. The Morgan fingerprint density at radius 3 is 2.36 bits per heavy atom. The van der Waals surface area contributed by atoms with Crippen LogP contribution in [-0.2, 0) is 10.2 Å². The number of fused-ring (bicyclic) bond motifs is 1. The molecule has 1 N–H and O–H groups in total. The van der Waals surface area contributed by atoms with E-state index in [2.05, 4.69) is 43.2 Å². The minimum absolute atomic E-state index is 0.0349. The van der Waals surface area contributed by atoms with Crippen molar-refractivity contribution < 1.29 is 9.53 Å². The van der Waals surface area contributed by atoms with Crippen molar-refractivity contribution in [2.45, 2.75) is 52.6 Å². The summed E-state index contributed by atoms with van der Waals surface area (Å²) in [4.78, 5) is 16.4. The van der Waals surface area contributed by atoms with Gasteiger partial charge in [-0.05, 0) is 49.9 Å². The van der Waals surface area contributed by atoms with Crippen molar-refractivity contribution in [3.63, 3.8) is 0 Å². The van der Waals surface area contributed by atoms with E-state index >= 15 is 0 Å². The summed E-state index contributed by atoms with van der Waals surface area (Å²) < 4.78 is 5.32. The molecule has 0 unspecified atom stereocenters. The van der Waals surface area contributed by atoms with Crippen LogP contribution in [0, 0.1) is 0 Å². The van der Waals surface area contributed by atoms with E-state index in [9.17, 15) is 4.79 Å². The number of hydrogen-bond donors (Lipinski definition) is 1. The van der Waals surface area contributed by atoms with Gasteiger partial charge in [-0.25, -0.2) is 4.79 Å². The standard InChI is InChI=1S/C18H24N2O2/c1-17(2,3)12-7-8-14-13(11-12)15(9-10-19-14)20-16(21)22-18(4,5)6/h7-11H,1-6H3,(H,19,20,21). The van der Waals surface area contributed by atoms with E-state index in [4.69, 9.17) is 4.74 Å².